The fraction of sp³-hybridized carbons (Fsp3) is 0.364. The van der Waals surface area contributed by atoms with Gasteiger partial charge in [-0.05, 0) is 30.5 Å². The molecular formula is C11H15NO. The molecule has 0 spiro atoms. The van der Waals surface area contributed by atoms with Crippen molar-refractivity contribution in [2.45, 2.75) is 27.2 Å². The van der Waals surface area contributed by atoms with Crippen LogP contribution >= 0.6 is 0 Å². The van der Waals surface area contributed by atoms with Crippen LogP contribution in [0.4, 0.5) is 5.69 Å². The zero-order chi connectivity index (χ0) is 9.84. The number of benzene rings is 1. The van der Waals surface area contributed by atoms with Gasteiger partial charge in [-0.3, -0.25) is 4.79 Å². The zero-order valence-electron chi connectivity index (χ0n) is 8.35. The number of aryl methyl sites for hydroxylation is 1. The standard InChI is InChI=1S/C11H15NO/c1-4-10-8(2)6-5-7-11(10)12-9(3)13/h5-7H,4H2,1-3H3,(H,12,13). The first kappa shape index (κ1) is 9.78. The quantitative estimate of drug-likeness (QED) is 0.739. The Morgan fingerprint density at radius 2 is 2.15 bits per heavy atom. The lowest BCUT2D eigenvalue weighted by molar-refractivity contribution is -0.114. The highest BCUT2D eigenvalue weighted by Gasteiger charge is 2.03. The molecule has 0 atom stereocenters. The minimum atomic E-state index is -0.0136. The summed E-state index contributed by atoms with van der Waals surface area (Å²) in [5.74, 6) is -0.0136. The molecule has 1 N–H and O–H groups in total. The summed E-state index contributed by atoms with van der Waals surface area (Å²) in [5.41, 5.74) is 3.39. The van der Waals surface area contributed by atoms with E-state index < -0.39 is 0 Å². The van der Waals surface area contributed by atoms with Crippen LogP contribution in [0.25, 0.3) is 0 Å². The van der Waals surface area contributed by atoms with Crippen molar-refractivity contribution in [1.29, 1.82) is 0 Å². The smallest absolute Gasteiger partial charge is 0.221 e. The second kappa shape index (κ2) is 4.08. The predicted molar refractivity (Wildman–Crippen MR) is 54.9 cm³/mol. The van der Waals surface area contributed by atoms with E-state index >= 15 is 0 Å². The molecule has 0 heterocycles. The van der Waals surface area contributed by atoms with Crippen LogP contribution in [0.3, 0.4) is 0 Å². The average molecular weight is 177 g/mol. The van der Waals surface area contributed by atoms with Crippen LogP contribution in [0.1, 0.15) is 25.0 Å². The van der Waals surface area contributed by atoms with Crippen LogP contribution < -0.4 is 5.32 Å². The molecule has 1 aromatic rings. The van der Waals surface area contributed by atoms with Crippen LogP contribution in [0.15, 0.2) is 18.2 Å². The van der Waals surface area contributed by atoms with Crippen molar-refractivity contribution in [2.24, 2.45) is 0 Å². The molecular weight excluding hydrogens is 162 g/mol. The van der Waals surface area contributed by atoms with E-state index in [-0.39, 0.29) is 5.91 Å². The Bertz CT molecular complexity index is 318. The Kier molecular flexibility index (Phi) is 3.07. The number of anilines is 1. The molecule has 0 aromatic heterocycles. The van der Waals surface area contributed by atoms with Gasteiger partial charge in [-0.2, -0.15) is 0 Å². The van der Waals surface area contributed by atoms with E-state index in [1.165, 1.54) is 18.1 Å². The van der Waals surface area contributed by atoms with Crippen molar-refractivity contribution in [3.8, 4) is 0 Å². The van der Waals surface area contributed by atoms with E-state index in [2.05, 4.69) is 25.2 Å². The SMILES string of the molecule is CCc1c(C)cccc1NC(C)=O. The van der Waals surface area contributed by atoms with Crippen LogP contribution in [0.5, 0.6) is 0 Å². The van der Waals surface area contributed by atoms with Gasteiger partial charge in [-0.25, -0.2) is 0 Å². The molecule has 0 fully saturated rings. The molecule has 0 aliphatic rings. The maximum atomic E-state index is 10.9. The van der Waals surface area contributed by atoms with Crippen molar-refractivity contribution < 1.29 is 4.79 Å². The summed E-state index contributed by atoms with van der Waals surface area (Å²) in [6, 6.07) is 5.96. The highest BCUT2D eigenvalue weighted by Crippen LogP contribution is 2.19. The van der Waals surface area contributed by atoms with Gasteiger partial charge in [0.2, 0.25) is 5.91 Å². The van der Waals surface area contributed by atoms with Crippen molar-refractivity contribution in [3.05, 3.63) is 29.3 Å². The molecule has 0 unspecified atom stereocenters. The fourth-order valence-electron chi connectivity index (χ4n) is 1.48. The van der Waals surface area contributed by atoms with Gasteiger partial charge < -0.3 is 5.32 Å². The molecule has 2 nitrogen and oxygen atoms in total. The molecule has 70 valence electrons. The fourth-order valence-corrected chi connectivity index (χ4v) is 1.48. The van der Waals surface area contributed by atoms with E-state index in [0.29, 0.717) is 0 Å². The van der Waals surface area contributed by atoms with Gasteiger partial charge >= 0.3 is 0 Å². The monoisotopic (exact) mass is 177 g/mol. The molecule has 1 rings (SSSR count). The van der Waals surface area contributed by atoms with E-state index in [1.54, 1.807) is 0 Å². The van der Waals surface area contributed by atoms with Gasteiger partial charge in [-0.15, -0.1) is 0 Å². The number of hydrogen-bond donors (Lipinski definition) is 1. The number of carbonyl (C=O) groups is 1. The van der Waals surface area contributed by atoms with Gasteiger partial charge in [0.25, 0.3) is 0 Å². The van der Waals surface area contributed by atoms with E-state index in [4.69, 9.17) is 0 Å². The Balaban J connectivity index is 3.05. The maximum absolute atomic E-state index is 10.9. The lowest BCUT2D eigenvalue weighted by Gasteiger charge is -2.10. The average Bonchev–Trinajstić information content (AvgIpc) is 2.03. The summed E-state index contributed by atoms with van der Waals surface area (Å²) in [6.07, 6.45) is 0.947. The Morgan fingerprint density at radius 3 is 2.69 bits per heavy atom. The number of carbonyl (C=O) groups excluding carboxylic acids is 1. The van der Waals surface area contributed by atoms with Gasteiger partial charge in [0.05, 0.1) is 0 Å². The van der Waals surface area contributed by atoms with Gasteiger partial charge in [-0.1, -0.05) is 19.1 Å². The molecule has 0 radical (unpaired) electrons. The first-order chi connectivity index (χ1) is 6.15. The van der Waals surface area contributed by atoms with Crippen molar-refractivity contribution in [1.82, 2.24) is 0 Å². The summed E-state index contributed by atoms with van der Waals surface area (Å²) in [6.45, 7) is 5.68. The van der Waals surface area contributed by atoms with E-state index in [1.807, 2.05) is 12.1 Å². The predicted octanol–water partition coefficient (Wildman–Crippen LogP) is 2.52. The van der Waals surface area contributed by atoms with Crippen molar-refractivity contribution in [2.75, 3.05) is 5.32 Å². The largest absolute Gasteiger partial charge is 0.326 e. The molecule has 1 aromatic carbocycles. The topological polar surface area (TPSA) is 29.1 Å². The van der Waals surface area contributed by atoms with Gasteiger partial charge in [0, 0.05) is 12.6 Å². The molecule has 0 bridgehead atoms. The Hall–Kier alpha value is -1.31. The molecule has 1 amide bonds. The summed E-state index contributed by atoms with van der Waals surface area (Å²) in [4.78, 5) is 10.9. The maximum Gasteiger partial charge on any atom is 0.221 e. The third-order valence-electron chi connectivity index (χ3n) is 2.07. The van der Waals surface area contributed by atoms with E-state index in [0.717, 1.165) is 12.1 Å². The zero-order valence-corrected chi connectivity index (χ0v) is 8.35. The molecule has 0 saturated heterocycles. The lowest BCUT2D eigenvalue weighted by Crippen LogP contribution is -2.08. The Labute approximate surface area is 79.0 Å². The van der Waals surface area contributed by atoms with Crippen LogP contribution in [0, 0.1) is 6.92 Å². The lowest BCUT2D eigenvalue weighted by atomic mass is 10.0. The first-order valence-corrected chi connectivity index (χ1v) is 4.51. The van der Waals surface area contributed by atoms with Crippen molar-refractivity contribution >= 4 is 11.6 Å². The Morgan fingerprint density at radius 1 is 1.46 bits per heavy atom. The summed E-state index contributed by atoms with van der Waals surface area (Å²) in [5, 5.41) is 2.83. The number of hydrogen-bond acceptors (Lipinski definition) is 1. The molecule has 0 aliphatic carbocycles. The highest BCUT2D eigenvalue weighted by atomic mass is 16.1. The summed E-state index contributed by atoms with van der Waals surface area (Å²) in [7, 11) is 0. The first-order valence-electron chi connectivity index (χ1n) is 4.51. The molecule has 13 heavy (non-hydrogen) atoms. The molecule has 0 saturated carbocycles. The molecule has 2 heteroatoms. The van der Waals surface area contributed by atoms with Gasteiger partial charge in [0.15, 0.2) is 0 Å². The molecule has 0 aliphatic heterocycles. The van der Waals surface area contributed by atoms with E-state index in [9.17, 15) is 4.79 Å². The summed E-state index contributed by atoms with van der Waals surface area (Å²) >= 11 is 0. The minimum Gasteiger partial charge on any atom is -0.326 e. The normalized spacial score (nSPS) is 9.77. The number of rotatable bonds is 2. The minimum absolute atomic E-state index is 0.0136. The highest BCUT2D eigenvalue weighted by molar-refractivity contribution is 5.89. The van der Waals surface area contributed by atoms with Crippen LogP contribution in [-0.2, 0) is 11.2 Å². The summed E-state index contributed by atoms with van der Waals surface area (Å²) < 4.78 is 0. The second-order valence-electron chi connectivity index (χ2n) is 3.14. The van der Waals surface area contributed by atoms with Gasteiger partial charge in [0.1, 0.15) is 0 Å². The third-order valence-corrected chi connectivity index (χ3v) is 2.07. The number of amides is 1. The van der Waals surface area contributed by atoms with Crippen molar-refractivity contribution in [3.63, 3.8) is 0 Å². The van der Waals surface area contributed by atoms with Crippen LogP contribution in [-0.4, -0.2) is 5.91 Å². The van der Waals surface area contributed by atoms with Crippen LogP contribution in [0.2, 0.25) is 0 Å². The third kappa shape index (κ3) is 2.31. The number of nitrogens with one attached hydrogen (secondary N) is 1. The second-order valence-corrected chi connectivity index (χ2v) is 3.14.